The largest absolute Gasteiger partial charge is 0.383 e. The number of piperazine rings is 1. The lowest BCUT2D eigenvalue weighted by Gasteiger charge is -2.36. The van der Waals surface area contributed by atoms with Crippen LogP contribution in [0.5, 0.6) is 0 Å². The van der Waals surface area contributed by atoms with Gasteiger partial charge in [-0.05, 0) is 24.6 Å². The number of rotatable bonds is 5. The van der Waals surface area contributed by atoms with Crippen molar-refractivity contribution in [1.29, 1.82) is 0 Å². The summed E-state index contributed by atoms with van der Waals surface area (Å²) in [4.78, 5) is 18.2. The predicted molar refractivity (Wildman–Crippen MR) is 103 cm³/mol. The van der Waals surface area contributed by atoms with Crippen LogP contribution in [-0.2, 0) is 11.3 Å². The minimum absolute atomic E-state index is 0.639. The lowest BCUT2D eigenvalue weighted by atomic mass is 10.2. The van der Waals surface area contributed by atoms with Crippen molar-refractivity contribution in [1.82, 2.24) is 19.5 Å². The zero-order valence-corrected chi connectivity index (χ0v) is 15.3. The van der Waals surface area contributed by atoms with Crippen LogP contribution in [0.4, 0.5) is 11.5 Å². The molecule has 0 spiro atoms. The zero-order valence-electron chi connectivity index (χ0n) is 15.3. The van der Waals surface area contributed by atoms with Gasteiger partial charge in [0.2, 0.25) is 0 Å². The molecular formula is C19H24N6O. The van der Waals surface area contributed by atoms with Crippen molar-refractivity contribution in [3.63, 3.8) is 0 Å². The fourth-order valence-corrected chi connectivity index (χ4v) is 3.45. The van der Waals surface area contributed by atoms with Crippen molar-refractivity contribution in [3.05, 3.63) is 42.5 Å². The van der Waals surface area contributed by atoms with Crippen LogP contribution >= 0.6 is 0 Å². The fraction of sp³-hybridized carbons (Fsp3) is 0.421. The number of hydrogen-bond donors (Lipinski definition) is 0. The molecule has 1 aliphatic heterocycles. The molecule has 7 nitrogen and oxygen atoms in total. The van der Waals surface area contributed by atoms with Gasteiger partial charge in [-0.25, -0.2) is 15.0 Å². The summed E-state index contributed by atoms with van der Waals surface area (Å²) in [5.74, 6) is 0.926. The number of methoxy groups -OCH3 is 1. The molecule has 0 N–H and O–H groups in total. The first-order valence-corrected chi connectivity index (χ1v) is 8.97. The minimum Gasteiger partial charge on any atom is -0.383 e. The number of hydrogen-bond acceptors (Lipinski definition) is 6. The minimum atomic E-state index is 0.639. The zero-order chi connectivity index (χ0) is 17.9. The van der Waals surface area contributed by atoms with Crippen molar-refractivity contribution in [2.75, 3.05) is 49.7 Å². The molecule has 7 heteroatoms. The summed E-state index contributed by atoms with van der Waals surface area (Å²) >= 11 is 0. The second-order valence-electron chi connectivity index (χ2n) is 6.61. The molecule has 1 aromatic carbocycles. The molecule has 0 aliphatic carbocycles. The molecule has 1 saturated heterocycles. The summed E-state index contributed by atoms with van der Waals surface area (Å²) in [5, 5.41) is 0. The van der Waals surface area contributed by atoms with Crippen LogP contribution in [0.3, 0.4) is 0 Å². The summed E-state index contributed by atoms with van der Waals surface area (Å²) in [7, 11) is 1.70. The number of aromatic nitrogens is 4. The molecule has 136 valence electrons. The number of aryl methyl sites for hydroxylation is 1. The van der Waals surface area contributed by atoms with Gasteiger partial charge in [0.25, 0.3) is 0 Å². The molecule has 0 atom stereocenters. The van der Waals surface area contributed by atoms with Crippen LogP contribution in [0.15, 0.2) is 36.9 Å². The maximum Gasteiger partial charge on any atom is 0.165 e. The van der Waals surface area contributed by atoms with Crippen LogP contribution < -0.4 is 9.80 Å². The van der Waals surface area contributed by atoms with Crippen LogP contribution in [0.25, 0.3) is 11.2 Å². The first-order chi connectivity index (χ1) is 12.8. The standard InChI is InChI=1S/C19H24N6O/c1-15-4-3-5-16(12-15)23-6-8-24(9-7-23)18-17-19(21-13-20-18)25(14-22-17)10-11-26-2/h3-5,12-14H,6-11H2,1-2H3. The molecule has 2 aromatic heterocycles. The summed E-state index contributed by atoms with van der Waals surface area (Å²) in [6.07, 6.45) is 3.46. The molecular weight excluding hydrogens is 328 g/mol. The van der Waals surface area contributed by atoms with E-state index in [1.807, 2.05) is 10.9 Å². The van der Waals surface area contributed by atoms with E-state index in [0.29, 0.717) is 6.61 Å². The Morgan fingerprint density at radius 3 is 2.62 bits per heavy atom. The normalized spacial score (nSPS) is 15.0. The maximum absolute atomic E-state index is 5.16. The second kappa shape index (κ2) is 7.29. The van der Waals surface area contributed by atoms with Gasteiger partial charge >= 0.3 is 0 Å². The van der Waals surface area contributed by atoms with Crippen molar-refractivity contribution < 1.29 is 4.74 Å². The molecule has 4 rings (SSSR count). The van der Waals surface area contributed by atoms with Gasteiger partial charge in [0.05, 0.1) is 12.9 Å². The van der Waals surface area contributed by atoms with E-state index in [4.69, 9.17) is 4.74 Å². The highest BCUT2D eigenvalue weighted by Gasteiger charge is 2.21. The lowest BCUT2D eigenvalue weighted by Crippen LogP contribution is -2.47. The van der Waals surface area contributed by atoms with Gasteiger partial charge in [-0.1, -0.05) is 12.1 Å². The van der Waals surface area contributed by atoms with Crippen LogP contribution in [0.2, 0.25) is 0 Å². The Morgan fingerprint density at radius 1 is 1.04 bits per heavy atom. The van der Waals surface area contributed by atoms with Gasteiger partial charge in [0.1, 0.15) is 6.33 Å². The SMILES string of the molecule is COCCn1cnc2c(N3CCN(c4cccc(C)c4)CC3)ncnc21. The highest BCUT2D eigenvalue weighted by molar-refractivity contribution is 5.83. The first-order valence-electron chi connectivity index (χ1n) is 8.97. The topological polar surface area (TPSA) is 59.3 Å². The van der Waals surface area contributed by atoms with Gasteiger partial charge in [0, 0.05) is 45.5 Å². The molecule has 0 radical (unpaired) electrons. The summed E-state index contributed by atoms with van der Waals surface area (Å²) < 4.78 is 7.19. The first kappa shape index (κ1) is 16.8. The molecule has 0 amide bonds. The average molecular weight is 352 g/mol. The molecule has 1 aliphatic rings. The predicted octanol–water partition coefficient (Wildman–Crippen LogP) is 2.11. The van der Waals surface area contributed by atoms with E-state index in [9.17, 15) is 0 Å². The Balaban J connectivity index is 1.51. The number of anilines is 2. The van der Waals surface area contributed by atoms with E-state index in [2.05, 4.69) is 55.9 Å². The molecule has 3 aromatic rings. The number of nitrogens with zero attached hydrogens (tertiary/aromatic N) is 6. The molecule has 0 bridgehead atoms. The fourth-order valence-electron chi connectivity index (χ4n) is 3.45. The Hall–Kier alpha value is -2.67. The smallest absolute Gasteiger partial charge is 0.165 e. The monoisotopic (exact) mass is 352 g/mol. The summed E-state index contributed by atoms with van der Waals surface area (Å²) in [5.41, 5.74) is 4.33. The van der Waals surface area contributed by atoms with E-state index in [-0.39, 0.29) is 0 Å². The van der Waals surface area contributed by atoms with Crippen molar-refractivity contribution in [2.24, 2.45) is 0 Å². The van der Waals surface area contributed by atoms with E-state index in [1.54, 1.807) is 13.4 Å². The Kier molecular flexibility index (Phi) is 4.71. The van der Waals surface area contributed by atoms with E-state index < -0.39 is 0 Å². The third-order valence-electron chi connectivity index (χ3n) is 4.86. The van der Waals surface area contributed by atoms with E-state index in [1.165, 1.54) is 11.3 Å². The average Bonchev–Trinajstić information content (AvgIpc) is 3.10. The Morgan fingerprint density at radius 2 is 1.85 bits per heavy atom. The van der Waals surface area contributed by atoms with Gasteiger partial charge in [-0.15, -0.1) is 0 Å². The van der Waals surface area contributed by atoms with Gasteiger partial charge in [-0.2, -0.15) is 0 Å². The molecule has 0 unspecified atom stereocenters. The van der Waals surface area contributed by atoms with Crippen molar-refractivity contribution in [3.8, 4) is 0 Å². The number of benzene rings is 1. The van der Waals surface area contributed by atoms with Crippen LogP contribution in [0.1, 0.15) is 5.56 Å². The number of ether oxygens (including phenoxy) is 1. The quantitative estimate of drug-likeness (QED) is 0.701. The molecule has 0 saturated carbocycles. The highest BCUT2D eigenvalue weighted by atomic mass is 16.5. The van der Waals surface area contributed by atoms with Crippen molar-refractivity contribution >= 4 is 22.7 Å². The second-order valence-corrected chi connectivity index (χ2v) is 6.61. The van der Waals surface area contributed by atoms with E-state index in [0.717, 1.165) is 49.7 Å². The van der Waals surface area contributed by atoms with E-state index >= 15 is 0 Å². The summed E-state index contributed by atoms with van der Waals surface area (Å²) in [6.45, 7) is 7.30. The number of imidazole rings is 1. The third kappa shape index (κ3) is 3.22. The number of fused-ring (bicyclic) bond motifs is 1. The Bertz CT molecular complexity index is 885. The molecule has 26 heavy (non-hydrogen) atoms. The van der Waals surface area contributed by atoms with Gasteiger partial charge < -0.3 is 19.1 Å². The summed E-state index contributed by atoms with van der Waals surface area (Å²) in [6, 6.07) is 8.69. The molecule has 3 heterocycles. The Labute approximate surface area is 153 Å². The van der Waals surface area contributed by atoms with Gasteiger partial charge in [-0.3, -0.25) is 0 Å². The molecule has 1 fully saturated rings. The maximum atomic E-state index is 5.16. The van der Waals surface area contributed by atoms with Crippen LogP contribution in [0, 0.1) is 6.92 Å². The third-order valence-corrected chi connectivity index (χ3v) is 4.86. The van der Waals surface area contributed by atoms with Gasteiger partial charge in [0.15, 0.2) is 17.0 Å². The lowest BCUT2D eigenvalue weighted by molar-refractivity contribution is 0.188. The highest BCUT2D eigenvalue weighted by Crippen LogP contribution is 2.24. The van der Waals surface area contributed by atoms with Crippen molar-refractivity contribution in [2.45, 2.75) is 13.5 Å². The van der Waals surface area contributed by atoms with Crippen LogP contribution in [-0.4, -0.2) is 59.4 Å².